The fourth-order valence-electron chi connectivity index (χ4n) is 1.09. The highest BCUT2D eigenvalue weighted by atomic mass is 31.3. The van der Waals surface area contributed by atoms with Crippen LogP contribution in [0.25, 0.3) is 0 Å². The second kappa shape index (κ2) is 7.66. The highest BCUT2D eigenvalue weighted by Crippen LogP contribution is 2.58. The molecule has 0 saturated heterocycles. The van der Waals surface area contributed by atoms with Gasteiger partial charge < -0.3 is 30.0 Å². The molecule has 0 saturated carbocycles. The molecule has 0 rings (SSSR count). The lowest BCUT2D eigenvalue weighted by atomic mass is 10.1. The number of phosphoric acid groups is 2. The Labute approximate surface area is 103 Å². The van der Waals surface area contributed by atoms with Crippen LogP contribution in [0.2, 0.25) is 0 Å². The van der Waals surface area contributed by atoms with Gasteiger partial charge in [-0.05, 0) is 12.8 Å². The Kier molecular flexibility index (Phi) is 7.72. The van der Waals surface area contributed by atoms with E-state index in [4.69, 9.17) is 24.9 Å². The second-order valence-electron chi connectivity index (χ2n) is 3.28. The minimum absolute atomic E-state index is 0.208. The molecule has 10 nitrogen and oxygen atoms in total. The van der Waals surface area contributed by atoms with E-state index < -0.39 is 41.1 Å². The number of hydrogen-bond acceptors (Lipinski definition) is 7. The van der Waals surface area contributed by atoms with Crippen LogP contribution in [0.4, 0.5) is 0 Å². The van der Waals surface area contributed by atoms with Crippen molar-refractivity contribution in [3.63, 3.8) is 0 Å². The molecule has 0 radical (unpaired) electrons. The zero-order valence-corrected chi connectivity index (χ0v) is 11.0. The number of rotatable bonds is 9. The Morgan fingerprint density at radius 3 is 1.89 bits per heavy atom. The van der Waals surface area contributed by atoms with E-state index in [1.807, 2.05) is 0 Å². The third-order valence-corrected chi connectivity index (χ3v) is 3.96. The Hall–Kier alpha value is 0.140. The van der Waals surface area contributed by atoms with Crippen molar-refractivity contribution in [3.05, 3.63) is 0 Å². The average Bonchev–Trinajstić information content (AvgIpc) is 2.13. The van der Waals surface area contributed by atoms with Gasteiger partial charge in [-0.2, -0.15) is 4.31 Å². The van der Waals surface area contributed by atoms with E-state index in [1.165, 1.54) is 0 Å². The van der Waals surface area contributed by atoms with Crippen LogP contribution < -0.4 is 0 Å². The Balaban J connectivity index is 4.65. The quantitative estimate of drug-likeness (QED) is 0.281. The molecule has 0 aliphatic rings. The summed E-state index contributed by atoms with van der Waals surface area (Å²) in [5.41, 5.74) is 0. The number of hydrogen-bond donors (Lipinski definition) is 6. The van der Waals surface area contributed by atoms with Gasteiger partial charge in [-0.1, -0.05) is 0 Å². The maximum absolute atomic E-state index is 11.2. The summed E-state index contributed by atoms with van der Waals surface area (Å²) in [5, 5.41) is 26.7. The van der Waals surface area contributed by atoms with Crippen LogP contribution in [0, 0.1) is 0 Å². The molecular weight excluding hydrogens is 294 g/mol. The lowest BCUT2D eigenvalue weighted by Gasteiger charge is -2.24. The molecule has 3 atom stereocenters. The number of aliphatic hydroxyl groups is 3. The van der Waals surface area contributed by atoms with Crippen LogP contribution in [-0.4, -0.2) is 55.4 Å². The van der Waals surface area contributed by atoms with Gasteiger partial charge in [-0.25, -0.2) is 9.13 Å². The Morgan fingerprint density at radius 1 is 1.00 bits per heavy atom. The third kappa shape index (κ3) is 8.28. The first-order valence-corrected chi connectivity index (χ1v) is 7.81. The first-order valence-electron chi connectivity index (χ1n) is 4.79. The van der Waals surface area contributed by atoms with Crippen molar-refractivity contribution in [2.24, 2.45) is 0 Å². The van der Waals surface area contributed by atoms with Crippen molar-refractivity contribution in [1.29, 1.82) is 0 Å². The maximum Gasteiger partial charge on any atom is 0.481 e. The van der Waals surface area contributed by atoms with Gasteiger partial charge in [0.05, 0.1) is 12.2 Å². The van der Waals surface area contributed by atoms with Gasteiger partial charge in [-0.3, -0.25) is 4.52 Å². The summed E-state index contributed by atoms with van der Waals surface area (Å²) in [4.78, 5) is 25.8. The molecule has 0 aromatic carbocycles. The van der Waals surface area contributed by atoms with Crippen molar-refractivity contribution < 1.29 is 48.0 Å². The number of phosphoric ester groups is 1. The van der Waals surface area contributed by atoms with E-state index in [0.29, 0.717) is 0 Å². The lowest BCUT2D eigenvalue weighted by Crippen LogP contribution is -2.30. The topological polar surface area (TPSA) is 174 Å². The van der Waals surface area contributed by atoms with E-state index >= 15 is 0 Å². The van der Waals surface area contributed by atoms with Crippen LogP contribution in [-0.2, 0) is 18.0 Å². The summed E-state index contributed by atoms with van der Waals surface area (Å²) in [7, 11) is -10.3. The standard InChI is InChI=1S/C6H16O10P2/c7-3-1-5(9)6(2-4-8)15-18(13,14)16-17(10,11)12/h5-9H,1-4H2,(H,13,14)(H2,10,11,12). The summed E-state index contributed by atoms with van der Waals surface area (Å²) >= 11 is 0. The summed E-state index contributed by atoms with van der Waals surface area (Å²) in [6.45, 7) is -0.954. The van der Waals surface area contributed by atoms with Gasteiger partial charge in [0, 0.05) is 13.2 Å². The SMILES string of the molecule is O=P(O)(O)OP(=O)(O)OC(CCO)C(O)CCO. The molecule has 18 heavy (non-hydrogen) atoms. The molecule has 0 aliphatic heterocycles. The van der Waals surface area contributed by atoms with E-state index in [0.717, 1.165) is 0 Å². The summed E-state index contributed by atoms with van der Waals surface area (Å²) < 4.78 is 29.5. The molecular formula is C6H16O10P2. The van der Waals surface area contributed by atoms with Gasteiger partial charge in [0.25, 0.3) is 0 Å². The van der Waals surface area contributed by atoms with Crippen molar-refractivity contribution in [1.82, 2.24) is 0 Å². The highest BCUT2D eigenvalue weighted by Gasteiger charge is 2.36. The summed E-state index contributed by atoms with van der Waals surface area (Å²) in [6, 6.07) is 0. The minimum atomic E-state index is -5.24. The highest BCUT2D eigenvalue weighted by molar-refractivity contribution is 7.60. The van der Waals surface area contributed by atoms with Crippen LogP contribution in [0.3, 0.4) is 0 Å². The van der Waals surface area contributed by atoms with Crippen LogP contribution in [0.5, 0.6) is 0 Å². The lowest BCUT2D eigenvalue weighted by molar-refractivity contribution is -0.00689. The van der Waals surface area contributed by atoms with Crippen LogP contribution >= 0.6 is 15.6 Å². The van der Waals surface area contributed by atoms with Gasteiger partial charge in [-0.15, -0.1) is 0 Å². The molecule has 0 aliphatic carbocycles. The number of aliphatic hydroxyl groups excluding tert-OH is 3. The van der Waals surface area contributed by atoms with E-state index in [9.17, 15) is 14.2 Å². The minimum Gasteiger partial charge on any atom is -0.396 e. The average molecular weight is 310 g/mol. The predicted octanol–water partition coefficient (Wildman–Crippen LogP) is -1.29. The van der Waals surface area contributed by atoms with Crippen molar-refractivity contribution in [3.8, 4) is 0 Å². The summed E-state index contributed by atoms with van der Waals surface area (Å²) in [5.74, 6) is 0. The normalized spacial score (nSPS) is 19.2. The fourth-order valence-corrected chi connectivity index (χ4v) is 2.90. The van der Waals surface area contributed by atoms with E-state index in [1.54, 1.807) is 0 Å². The molecule has 0 aromatic heterocycles. The molecule has 0 fully saturated rings. The molecule has 0 spiro atoms. The molecule has 0 bridgehead atoms. The van der Waals surface area contributed by atoms with Crippen molar-refractivity contribution >= 4 is 15.6 Å². The third-order valence-electron chi connectivity index (χ3n) is 1.75. The summed E-state index contributed by atoms with van der Waals surface area (Å²) in [6.07, 6.45) is -3.30. The molecule has 12 heteroatoms. The van der Waals surface area contributed by atoms with E-state index in [2.05, 4.69) is 8.83 Å². The monoisotopic (exact) mass is 310 g/mol. The first-order chi connectivity index (χ1) is 8.11. The first kappa shape index (κ1) is 18.1. The smallest absolute Gasteiger partial charge is 0.396 e. The molecule has 0 amide bonds. The Bertz CT molecular complexity index is 326. The molecule has 6 N–H and O–H groups in total. The predicted molar refractivity (Wildman–Crippen MR) is 57.2 cm³/mol. The van der Waals surface area contributed by atoms with Crippen molar-refractivity contribution in [2.45, 2.75) is 25.0 Å². The van der Waals surface area contributed by atoms with Crippen LogP contribution in [0.1, 0.15) is 12.8 Å². The molecule has 3 unspecified atom stereocenters. The molecule has 110 valence electrons. The molecule has 0 aromatic rings. The second-order valence-corrected chi connectivity index (χ2v) is 6.06. The van der Waals surface area contributed by atoms with Crippen LogP contribution in [0.15, 0.2) is 0 Å². The van der Waals surface area contributed by atoms with Gasteiger partial charge in [0.1, 0.15) is 0 Å². The Morgan fingerprint density at radius 2 is 1.50 bits per heavy atom. The van der Waals surface area contributed by atoms with E-state index in [-0.39, 0.29) is 12.8 Å². The van der Waals surface area contributed by atoms with Crippen molar-refractivity contribution in [2.75, 3.05) is 13.2 Å². The van der Waals surface area contributed by atoms with Gasteiger partial charge >= 0.3 is 15.6 Å². The largest absolute Gasteiger partial charge is 0.481 e. The van der Waals surface area contributed by atoms with Gasteiger partial charge in [0.2, 0.25) is 0 Å². The zero-order valence-electron chi connectivity index (χ0n) is 9.19. The fraction of sp³-hybridized carbons (Fsp3) is 1.00. The molecule has 0 heterocycles. The van der Waals surface area contributed by atoms with Gasteiger partial charge in [0.15, 0.2) is 0 Å². The maximum atomic E-state index is 11.2. The zero-order chi connectivity index (χ0) is 14.4.